The largest absolute Gasteiger partial charge is 0.472 e. The minimum absolute atomic E-state index is 0.0340. The molecule has 0 radical (unpaired) electrons. The number of hydrogen-bond acceptors (Lipinski definition) is 6. The van der Waals surface area contributed by atoms with Gasteiger partial charge in [-0.2, -0.15) is 0 Å². The monoisotopic (exact) mass is 1120 g/mol. The number of rotatable bonds is 58. The Morgan fingerprint density at radius 1 is 0.468 bits per heavy atom. The van der Waals surface area contributed by atoms with Crippen molar-refractivity contribution in [3.63, 3.8) is 0 Å². The fourth-order valence-electron chi connectivity index (χ4n) is 9.02. The lowest BCUT2D eigenvalue weighted by Gasteiger charge is -2.27. The Balaban J connectivity index is 5.07. The fourth-order valence-corrected chi connectivity index (χ4v) is 9.75. The van der Waals surface area contributed by atoms with Gasteiger partial charge in [-0.15, -0.1) is 0 Å². The van der Waals surface area contributed by atoms with E-state index in [0.29, 0.717) is 17.4 Å². The van der Waals surface area contributed by atoms with E-state index in [0.717, 1.165) is 109 Å². The van der Waals surface area contributed by atoms with Gasteiger partial charge in [0.2, 0.25) is 5.91 Å². The second-order valence-corrected chi connectivity index (χ2v) is 24.4. The smallest absolute Gasteiger partial charge is 0.456 e. The van der Waals surface area contributed by atoms with Gasteiger partial charge in [-0.3, -0.25) is 18.6 Å². The van der Waals surface area contributed by atoms with E-state index >= 15 is 0 Å². The maximum absolute atomic E-state index is 13.6. The van der Waals surface area contributed by atoms with Crippen molar-refractivity contribution >= 4 is 19.7 Å². The highest BCUT2D eigenvalue weighted by Gasteiger charge is 2.30. The van der Waals surface area contributed by atoms with Crippen LogP contribution < -0.4 is 5.32 Å². The number of nitrogens with zero attached hydrogens (tertiary/aromatic N) is 1. The predicted molar refractivity (Wildman–Crippen MR) is 341 cm³/mol. The average Bonchev–Trinajstić information content (AvgIpc) is 3.41. The van der Waals surface area contributed by atoms with E-state index in [9.17, 15) is 19.0 Å². The molecule has 456 valence electrons. The molecule has 0 saturated carbocycles. The van der Waals surface area contributed by atoms with Gasteiger partial charge in [0.1, 0.15) is 19.3 Å². The summed E-state index contributed by atoms with van der Waals surface area (Å²) < 4.78 is 30.7. The summed E-state index contributed by atoms with van der Waals surface area (Å²) in [6.45, 7) is 6.86. The summed E-state index contributed by atoms with van der Waals surface area (Å²) in [4.78, 5) is 37.7. The van der Waals surface area contributed by atoms with Gasteiger partial charge in [-0.1, -0.05) is 260 Å². The molecule has 3 unspecified atom stereocenters. The predicted octanol–water partition coefficient (Wildman–Crippen LogP) is 20.3. The summed E-state index contributed by atoms with van der Waals surface area (Å²) in [6, 6.07) is -0.859. The summed E-state index contributed by atoms with van der Waals surface area (Å²) in [7, 11) is 1.48. The first-order valence-corrected chi connectivity index (χ1v) is 34.1. The van der Waals surface area contributed by atoms with Crippen LogP contribution in [0.5, 0.6) is 0 Å². The van der Waals surface area contributed by atoms with Gasteiger partial charge in [0, 0.05) is 12.8 Å². The van der Waals surface area contributed by atoms with Crippen LogP contribution in [-0.4, -0.2) is 74.3 Å². The molecule has 0 aliphatic carbocycles. The summed E-state index contributed by atoms with van der Waals surface area (Å²) >= 11 is 0. The molecular formula is C69H124N2O7P+. The minimum atomic E-state index is -4.46. The number of likely N-dealkylation sites (N-methyl/N-ethyl adjacent to an activating group) is 1. The zero-order valence-corrected chi connectivity index (χ0v) is 53.0. The molecule has 0 aromatic carbocycles. The Morgan fingerprint density at radius 2 is 0.848 bits per heavy atom. The molecule has 0 spiro atoms. The van der Waals surface area contributed by atoms with Gasteiger partial charge in [-0.05, 0) is 102 Å². The molecule has 0 heterocycles. The van der Waals surface area contributed by atoms with Crippen LogP contribution in [0.2, 0.25) is 0 Å². The first kappa shape index (κ1) is 75.9. The number of phosphoric ester groups is 1. The Bertz CT molecular complexity index is 1670. The molecule has 0 aromatic rings. The van der Waals surface area contributed by atoms with Gasteiger partial charge in [0.05, 0.1) is 33.8 Å². The maximum Gasteiger partial charge on any atom is 0.472 e. The van der Waals surface area contributed by atoms with Gasteiger partial charge < -0.3 is 19.4 Å². The fraction of sp³-hybridized carbons (Fsp3) is 0.739. The van der Waals surface area contributed by atoms with Crippen LogP contribution in [0.4, 0.5) is 0 Å². The van der Waals surface area contributed by atoms with Crippen LogP contribution in [0, 0.1) is 0 Å². The molecule has 0 bridgehead atoms. The normalized spacial score (nSPS) is 14.3. The van der Waals surface area contributed by atoms with Crippen LogP contribution in [0.25, 0.3) is 0 Å². The van der Waals surface area contributed by atoms with Crippen LogP contribution in [0.1, 0.15) is 278 Å². The van der Waals surface area contributed by atoms with E-state index in [1.807, 2.05) is 33.3 Å². The molecule has 10 heteroatoms. The van der Waals surface area contributed by atoms with Crippen molar-refractivity contribution in [1.29, 1.82) is 0 Å². The lowest BCUT2D eigenvalue weighted by molar-refractivity contribution is -0.870. The molecule has 0 aliphatic heterocycles. The Kier molecular flexibility index (Phi) is 55.9. The van der Waals surface area contributed by atoms with Crippen molar-refractivity contribution < 1.29 is 37.3 Å². The first-order valence-electron chi connectivity index (χ1n) is 32.6. The molecule has 2 N–H and O–H groups in total. The highest BCUT2D eigenvalue weighted by Crippen LogP contribution is 2.43. The zero-order chi connectivity index (χ0) is 57.9. The third kappa shape index (κ3) is 59.4. The highest BCUT2D eigenvalue weighted by atomic mass is 31.2. The van der Waals surface area contributed by atoms with Crippen molar-refractivity contribution in [2.75, 3.05) is 40.9 Å². The molecule has 0 aromatic heterocycles. The number of nitrogens with one attached hydrogen (secondary N) is 1. The standard InChI is InChI=1S/C69H123N2O7P/c1-7-10-13-16-19-22-25-27-29-30-31-32-33-34-35-36-37-38-39-40-42-43-46-49-52-55-58-61-68(72)70-66(65-77-79(74,75)76-64-63-71(4,5)6)67(60-57-54-51-48-45-24-21-18-15-12-9-3)78-69(73)62-59-56-53-50-47-44-41-28-26-23-20-17-14-11-8-2/h10,13,19-20,22-23,26-29,31-32,34-35,57,60,66-67H,7-9,11-12,14-18,21,24-25,30,33,36-56,58-59,61-65H2,1-6H3,(H-,70,72,74,75)/p+1/b13-10-,22-19-,23-20+,28-26+,29-27-,32-31-,35-34-,60-57-. The Morgan fingerprint density at radius 3 is 1.32 bits per heavy atom. The van der Waals surface area contributed by atoms with Crippen LogP contribution >= 0.6 is 7.82 Å². The average molecular weight is 1120 g/mol. The summed E-state index contributed by atoms with van der Waals surface area (Å²) in [5, 5.41) is 3.05. The zero-order valence-electron chi connectivity index (χ0n) is 52.1. The molecule has 9 nitrogen and oxygen atoms in total. The SMILES string of the molecule is CC/C=C\C/C=C\C/C=C\C/C=C\C/C=C\CCCCCCCCCCCCCC(=O)NC(COP(=O)(O)OCC[N+](C)(C)C)C(/C=C\CCCCCCCCCCC)OC(=O)CCCCCCCC/C=C/C=C/CCCCC. The number of quaternary nitrogens is 1. The molecule has 0 aliphatic rings. The molecule has 1 amide bonds. The van der Waals surface area contributed by atoms with E-state index in [4.69, 9.17) is 13.8 Å². The lowest BCUT2D eigenvalue weighted by Crippen LogP contribution is -2.47. The maximum atomic E-state index is 13.6. The number of esters is 1. The minimum Gasteiger partial charge on any atom is -0.456 e. The molecule has 0 rings (SSSR count). The van der Waals surface area contributed by atoms with Crippen LogP contribution in [0.15, 0.2) is 97.2 Å². The topological polar surface area (TPSA) is 111 Å². The lowest BCUT2D eigenvalue weighted by atomic mass is 10.0. The van der Waals surface area contributed by atoms with Crippen LogP contribution in [-0.2, 0) is 27.9 Å². The van der Waals surface area contributed by atoms with E-state index in [-0.39, 0.29) is 31.5 Å². The van der Waals surface area contributed by atoms with Gasteiger partial charge in [0.25, 0.3) is 0 Å². The van der Waals surface area contributed by atoms with Crippen molar-refractivity contribution in [2.45, 2.75) is 290 Å². The van der Waals surface area contributed by atoms with Crippen molar-refractivity contribution in [1.82, 2.24) is 5.32 Å². The number of carbonyl (C=O) groups is 2. The quantitative estimate of drug-likeness (QED) is 0.0156. The van der Waals surface area contributed by atoms with Gasteiger partial charge >= 0.3 is 13.8 Å². The summed E-state index contributed by atoms with van der Waals surface area (Å²) in [5.41, 5.74) is 0. The molecule has 0 fully saturated rings. The van der Waals surface area contributed by atoms with E-state index in [1.165, 1.54) is 135 Å². The number of carbonyl (C=O) groups excluding carboxylic acids is 2. The van der Waals surface area contributed by atoms with Gasteiger partial charge in [0.15, 0.2) is 0 Å². The molecular weight excluding hydrogens is 1000 g/mol. The second-order valence-electron chi connectivity index (χ2n) is 22.9. The second kappa shape index (κ2) is 58.1. The number of phosphoric acid groups is 1. The molecule has 0 saturated heterocycles. The third-order valence-corrected chi connectivity index (χ3v) is 15.0. The number of amides is 1. The van der Waals surface area contributed by atoms with E-state index < -0.39 is 20.0 Å². The first-order chi connectivity index (χ1) is 38.4. The van der Waals surface area contributed by atoms with Gasteiger partial charge in [-0.25, -0.2) is 4.57 Å². The number of allylic oxidation sites excluding steroid dienone is 15. The number of hydrogen-bond donors (Lipinski definition) is 2. The van der Waals surface area contributed by atoms with Crippen molar-refractivity contribution in [3.05, 3.63) is 97.2 Å². The highest BCUT2D eigenvalue weighted by molar-refractivity contribution is 7.47. The van der Waals surface area contributed by atoms with Crippen LogP contribution in [0.3, 0.4) is 0 Å². The van der Waals surface area contributed by atoms with E-state index in [1.54, 1.807) is 0 Å². The molecule has 79 heavy (non-hydrogen) atoms. The summed E-state index contributed by atoms with van der Waals surface area (Å²) in [5.74, 6) is -0.523. The Hall–Kier alpha value is -3.07. The van der Waals surface area contributed by atoms with E-state index in [2.05, 4.69) is 111 Å². The Labute approximate surface area is 488 Å². The number of unbranched alkanes of at least 4 members (excludes halogenated alkanes) is 29. The third-order valence-electron chi connectivity index (χ3n) is 14.0. The number of ether oxygens (including phenoxy) is 1. The van der Waals surface area contributed by atoms with Crippen molar-refractivity contribution in [3.8, 4) is 0 Å². The summed E-state index contributed by atoms with van der Waals surface area (Å²) in [6.07, 6.45) is 78.4. The molecule has 3 atom stereocenters. The van der Waals surface area contributed by atoms with Crippen molar-refractivity contribution in [2.24, 2.45) is 0 Å².